The third kappa shape index (κ3) is 5.00. The summed E-state index contributed by atoms with van der Waals surface area (Å²) < 4.78 is 0. The molecule has 3 N–H and O–H groups in total. The van der Waals surface area contributed by atoms with E-state index in [-0.39, 0.29) is 11.5 Å². The van der Waals surface area contributed by atoms with E-state index in [1.54, 1.807) is 18.3 Å². The number of piperidine rings is 1. The van der Waals surface area contributed by atoms with E-state index in [2.05, 4.69) is 50.8 Å². The van der Waals surface area contributed by atoms with Crippen molar-refractivity contribution >= 4 is 28.4 Å². The molecule has 5 heterocycles. The summed E-state index contributed by atoms with van der Waals surface area (Å²) in [5, 5.41) is 20.9. The van der Waals surface area contributed by atoms with Gasteiger partial charge in [0.15, 0.2) is 5.82 Å². The summed E-state index contributed by atoms with van der Waals surface area (Å²) in [6, 6.07) is 9.83. The number of nitrogens with one attached hydrogen (secondary N) is 3. The highest BCUT2D eigenvalue weighted by molar-refractivity contribution is 5.93. The molecule has 1 aliphatic carbocycles. The summed E-state index contributed by atoms with van der Waals surface area (Å²) >= 11 is 0. The molecule has 2 fully saturated rings. The van der Waals surface area contributed by atoms with Crippen molar-refractivity contribution in [3.05, 3.63) is 59.7 Å². The Bertz CT molecular complexity index is 1570. The van der Waals surface area contributed by atoms with Gasteiger partial charge in [-0.2, -0.15) is 5.26 Å². The van der Waals surface area contributed by atoms with Crippen LogP contribution in [0.5, 0.6) is 0 Å². The summed E-state index contributed by atoms with van der Waals surface area (Å²) in [6.07, 6.45) is 10.3. The molecule has 9 nitrogen and oxygen atoms in total. The van der Waals surface area contributed by atoms with Crippen molar-refractivity contribution in [3.8, 4) is 17.5 Å². The molecule has 0 bridgehead atoms. The second kappa shape index (κ2) is 10.2. The Morgan fingerprint density at radius 2 is 1.92 bits per heavy atom. The molecular formula is C30H33N9. The van der Waals surface area contributed by atoms with Crippen molar-refractivity contribution in [1.29, 1.82) is 5.26 Å². The quantitative estimate of drug-likeness (QED) is 0.304. The van der Waals surface area contributed by atoms with E-state index in [9.17, 15) is 5.26 Å². The summed E-state index contributed by atoms with van der Waals surface area (Å²) in [5.41, 5.74) is 4.26. The van der Waals surface area contributed by atoms with Gasteiger partial charge in [-0.25, -0.2) is 19.9 Å². The number of aromatic nitrogens is 5. The largest absolute Gasteiger partial charge is 0.366 e. The lowest BCUT2D eigenvalue weighted by Crippen LogP contribution is -2.49. The van der Waals surface area contributed by atoms with Crippen LogP contribution in [0.25, 0.3) is 22.3 Å². The highest BCUT2D eigenvalue weighted by Gasteiger charge is 2.33. The molecule has 4 aromatic heterocycles. The Morgan fingerprint density at radius 3 is 2.67 bits per heavy atom. The molecule has 1 saturated heterocycles. The number of anilines is 3. The molecule has 1 saturated carbocycles. The van der Waals surface area contributed by atoms with Gasteiger partial charge in [0, 0.05) is 35.9 Å². The Balaban J connectivity index is 1.40. The molecule has 0 radical (unpaired) electrons. The SMILES string of the molecule is Cc1nc(Nc2cc(-c3nc(N[C@H]4CCNCC4(C)C)c4c(C5CCC5)cncc4n3)ccn2)ccc1C#N. The maximum Gasteiger partial charge on any atom is 0.162 e. The first-order chi connectivity index (χ1) is 18.9. The van der Waals surface area contributed by atoms with Gasteiger partial charge in [0.2, 0.25) is 0 Å². The number of aryl methyl sites for hydroxylation is 1. The average Bonchev–Trinajstić information content (AvgIpc) is 2.89. The molecule has 1 aliphatic heterocycles. The van der Waals surface area contributed by atoms with Crippen LogP contribution in [0.1, 0.15) is 62.3 Å². The van der Waals surface area contributed by atoms with Gasteiger partial charge in [-0.1, -0.05) is 20.3 Å². The molecule has 6 rings (SSSR count). The highest BCUT2D eigenvalue weighted by Crippen LogP contribution is 2.42. The first-order valence-electron chi connectivity index (χ1n) is 13.7. The van der Waals surface area contributed by atoms with Crippen LogP contribution in [0, 0.1) is 23.7 Å². The molecule has 1 atom stereocenters. The van der Waals surface area contributed by atoms with E-state index in [0.29, 0.717) is 34.6 Å². The third-order valence-corrected chi connectivity index (χ3v) is 8.11. The van der Waals surface area contributed by atoms with Crippen molar-refractivity contribution in [2.45, 2.75) is 58.4 Å². The molecule has 0 spiro atoms. The lowest BCUT2D eigenvalue weighted by atomic mass is 9.78. The van der Waals surface area contributed by atoms with Crippen LogP contribution in [0.3, 0.4) is 0 Å². The van der Waals surface area contributed by atoms with Crippen molar-refractivity contribution in [2.75, 3.05) is 23.7 Å². The van der Waals surface area contributed by atoms with E-state index in [1.807, 2.05) is 31.5 Å². The zero-order valence-corrected chi connectivity index (χ0v) is 22.6. The Kier molecular flexibility index (Phi) is 6.57. The molecule has 0 amide bonds. The number of nitrogens with zero attached hydrogens (tertiary/aromatic N) is 6. The predicted octanol–water partition coefficient (Wildman–Crippen LogP) is 5.47. The highest BCUT2D eigenvalue weighted by atomic mass is 15.1. The zero-order valence-electron chi connectivity index (χ0n) is 22.6. The van der Waals surface area contributed by atoms with E-state index < -0.39 is 0 Å². The number of hydrogen-bond acceptors (Lipinski definition) is 9. The van der Waals surface area contributed by atoms with Crippen molar-refractivity contribution in [3.63, 3.8) is 0 Å². The van der Waals surface area contributed by atoms with Crippen LogP contribution in [-0.4, -0.2) is 44.1 Å². The van der Waals surface area contributed by atoms with Crippen LogP contribution in [0.4, 0.5) is 17.5 Å². The minimum Gasteiger partial charge on any atom is -0.366 e. The van der Waals surface area contributed by atoms with Gasteiger partial charge < -0.3 is 16.0 Å². The van der Waals surface area contributed by atoms with Crippen LogP contribution in [0.15, 0.2) is 42.9 Å². The zero-order chi connectivity index (χ0) is 27.0. The van der Waals surface area contributed by atoms with E-state index in [4.69, 9.17) is 9.97 Å². The molecule has 0 aromatic carbocycles. The smallest absolute Gasteiger partial charge is 0.162 e. The van der Waals surface area contributed by atoms with Crippen molar-refractivity contribution in [2.24, 2.45) is 5.41 Å². The number of hydrogen-bond donors (Lipinski definition) is 3. The summed E-state index contributed by atoms with van der Waals surface area (Å²) in [7, 11) is 0. The fourth-order valence-corrected chi connectivity index (χ4v) is 5.49. The van der Waals surface area contributed by atoms with Crippen LogP contribution >= 0.6 is 0 Å². The standard InChI is InChI=1S/C30H33N9/c1-18-21(14-31)7-8-25(35-18)38-26-13-20(9-12-34-26)28-36-23-16-33-15-22(19-5-4-6-19)27(23)29(39-28)37-24-10-11-32-17-30(24,2)3/h7-9,12-13,15-16,19,24,32H,4-6,10-11,17H2,1-3H3,(H,34,35,38)(H,36,37,39)/t24-/m0/s1. The lowest BCUT2D eigenvalue weighted by Gasteiger charge is -2.40. The van der Waals surface area contributed by atoms with Gasteiger partial charge in [-0.3, -0.25) is 4.98 Å². The van der Waals surface area contributed by atoms with Gasteiger partial charge in [0.05, 0.1) is 23.0 Å². The van der Waals surface area contributed by atoms with Gasteiger partial charge in [0.1, 0.15) is 23.5 Å². The number of fused-ring (bicyclic) bond motifs is 1. The first kappa shape index (κ1) is 25.1. The van der Waals surface area contributed by atoms with E-state index in [0.717, 1.165) is 41.8 Å². The van der Waals surface area contributed by atoms with E-state index >= 15 is 0 Å². The van der Waals surface area contributed by atoms with E-state index in [1.165, 1.54) is 24.8 Å². The normalized spacial score (nSPS) is 18.8. The third-order valence-electron chi connectivity index (χ3n) is 8.11. The first-order valence-corrected chi connectivity index (χ1v) is 13.7. The second-order valence-electron chi connectivity index (χ2n) is 11.3. The monoisotopic (exact) mass is 519 g/mol. The number of pyridine rings is 3. The van der Waals surface area contributed by atoms with Gasteiger partial charge >= 0.3 is 0 Å². The molecule has 9 heteroatoms. The Morgan fingerprint density at radius 1 is 1.05 bits per heavy atom. The molecular weight excluding hydrogens is 486 g/mol. The molecule has 39 heavy (non-hydrogen) atoms. The second-order valence-corrected chi connectivity index (χ2v) is 11.3. The fourth-order valence-electron chi connectivity index (χ4n) is 5.49. The predicted molar refractivity (Wildman–Crippen MR) is 153 cm³/mol. The molecule has 2 aliphatic rings. The summed E-state index contributed by atoms with van der Waals surface area (Å²) in [6.45, 7) is 8.36. The fraction of sp³-hybridized carbons (Fsp3) is 0.400. The Labute approximate surface area is 228 Å². The van der Waals surface area contributed by atoms with Gasteiger partial charge in [-0.05, 0) is 73.9 Å². The lowest BCUT2D eigenvalue weighted by molar-refractivity contribution is 0.236. The maximum absolute atomic E-state index is 9.21. The van der Waals surface area contributed by atoms with Crippen molar-refractivity contribution in [1.82, 2.24) is 30.2 Å². The van der Waals surface area contributed by atoms with Crippen molar-refractivity contribution < 1.29 is 0 Å². The number of rotatable bonds is 6. The van der Waals surface area contributed by atoms with Crippen LogP contribution in [-0.2, 0) is 0 Å². The minimum absolute atomic E-state index is 0.0827. The molecule has 4 aromatic rings. The maximum atomic E-state index is 9.21. The van der Waals surface area contributed by atoms with Gasteiger partial charge in [-0.15, -0.1) is 0 Å². The molecule has 198 valence electrons. The summed E-state index contributed by atoms with van der Waals surface area (Å²) in [5.74, 6) is 3.27. The van der Waals surface area contributed by atoms with Gasteiger partial charge in [0.25, 0.3) is 0 Å². The minimum atomic E-state index is 0.0827. The molecule has 0 unspecified atom stereocenters. The Hall–Kier alpha value is -4.16. The van der Waals surface area contributed by atoms with Crippen LogP contribution < -0.4 is 16.0 Å². The summed E-state index contributed by atoms with van der Waals surface area (Å²) in [4.78, 5) is 23.7. The van der Waals surface area contributed by atoms with Crippen LogP contribution in [0.2, 0.25) is 0 Å². The average molecular weight is 520 g/mol. The topological polar surface area (TPSA) is 124 Å². The number of nitriles is 1.